The fourth-order valence-electron chi connectivity index (χ4n) is 0.936. The van der Waals surface area contributed by atoms with Gasteiger partial charge in [0.2, 0.25) is 5.76 Å². The molecule has 0 saturated heterocycles. The van der Waals surface area contributed by atoms with Crippen LogP contribution in [0.25, 0.3) is 0 Å². The van der Waals surface area contributed by atoms with E-state index in [2.05, 4.69) is 5.48 Å². The Morgan fingerprint density at radius 1 is 1.60 bits per heavy atom. The van der Waals surface area contributed by atoms with Gasteiger partial charge in [0.1, 0.15) is 5.76 Å². The third-order valence-corrected chi connectivity index (χ3v) is 1.64. The third kappa shape index (κ3) is 4.14. The molecule has 0 amide bonds. The Morgan fingerprint density at radius 2 is 2.33 bits per heavy atom. The van der Waals surface area contributed by atoms with Crippen molar-refractivity contribution in [3.63, 3.8) is 0 Å². The van der Waals surface area contributed by atoms with Crippen molar-refractivity contribution in [2.45, 2.75) is 20.4 Å². The van der Waals surface area contributed by atoms with E-state index in [1.807, 2.05) is 13.8 Å². The normalized spacial score (nSPS) is 10.9. The highest BCUT2D eigenvalue weighted by Gasteiger charge is 2.08. The van der Waals surface area contributed by atoms with Crippen LogP contribution in [0, 0.1) is 5.92 Å². The molecule has 5 heteroatoms. The molecule has 0 saturated carbocycles. The lowest BCUT2D eigenvalue weighted by molar-refractivity contribution is 0.0162. The Hall–Kier alpha value is -1.33. The molecular weight excluding hydrogens is 198 g/mol. The quantitative estimate of drug-likeness (QED) is 0.555. The van der Waals surface area contributed by atoms with Gasteiger partial charge in [-0.2, -0.15) is 5.48 Å². The molecule has 1 rings (SSSR count). The molecule has 84 valence electrons. The van der Waals surface area contributed by atoms with Gasteiger partial charge in [0, 0.05) is 0 Å². The molecule has 1 heterocycles. The highest BCUT2D eigenvalue weighted by atomic mass is 16.6. The van der Waals surface area contributed by atoms with Crippen LogP contribution in [-0.4, -0.2) is 17.7 Å². The summed E-state index contributed by atoms with van der Waals surface area (Å²) >= 11 is 0. The van der Waals surface area contributed by atoms with Crippen molar-refractivity contribution >= 4 is 5.97 Å². The first-order valence-corrected chi connectivity index (χ1v) is 4.76. The molecule has 0 radical (unpaired) electrons. The van der Waals surface area contributed by atoms with Crippen molar-refractivity contribution in [3.8, 4) is 0 Å². The van der Waals surface area contributed by atoms with Crippen LogP contribution >= 0.6 is 0 Å². The van der Waals surface area contributed by atoms with Crippen LogP contribution in [-0.2, 0) is 11.4 Å². The van der Waals surface area contributed by atoms with Crippen LogP contribution in [0.4, 0.5) is 0 Å². The number of rotatable bonds is 6. The Morgan fingerprint density at radius 3 is 2.87 bits per heavy atom. The van der Waals surface area contributed by atoms with Crippen LogP contribution < -0.4 is 5.48 Å². The predicted molar refractivity (Wildman–Crippen MR) is 53.3 cm³/mol. The standard InChI is InChI=1S/C10H15NO4/c1-7(2)6-14-11-5-8-3-4-9(15-8)10(12)13/h3-4,7,11H,5-6H2,1-2H3,(H,12,13). The molecule has 0 spiro atoms. The highest BCUT2D eigenvalue weighted by molar-refractivity contribution is 5.84. The number of carboxylic acid groups (broad SMARTS) is 1. The lowest BCUT2D eigenvalue weighted by atomic mass is 10.2. The maximum absolute atomic E-state index is 10.5. The zero-order chi connectivity index (χ0) is 11.3. The van der Waals surface area contributed by atoms with E-state index in [0.717, 1.165) is 0 Å². The average molecular weight is 213 g/mol. The monoisotopic (exact) mass is 213 g/mol. The number of aromatic carboxylic acids is 1. The number of carboxylic acids is 1. The number of carbonyl (C=O) groups is 1. The molecule has 0 aliphatic carbocycles. The molecule has 5 nitrogen and oxygen atoms in total. The van der Waals surface area contributed by atoms with Gasteiger partial charge in [0.15, 0.2) is 0 Å². The van der Waals surface area contributed by atoms with E-state index in [1.54, 1.807) is 6.07 Å². The van der Waals surface area contributed by atoms with Crippen molar-refractivity contribution in [2.75, 3.05) is 6.61 Å². The summed E-state index contributed by atoms with van der Waals surface area (Å²) in [5.41, 5.74) is 2.70. The number of hydrogen-bond acceptors (Lipinski definition) is 4. The molecule has 0 aromatic carbocycles. The van der Waals surface area contributed by atoms with Gasteiger partial charge in [-0.1, -0.05) is 13.8 Å². The fourth-order valence-corrected chi connectivity index (χ4v) is 0.936. The highest BCUT2D eigenvalue weighted by Crippen LogP contribution is 2.07. The summed E-state index contributed by atoms with van der Waals surface area (Å²) in [4.78, 5) is 15.6. The second-order valence-corrected chi connectivity index (χ2v) is 3.60. The van der Waals surface area contributed by atoms with E-state index >= 15 is 0 Å². The minimum absolute atomic E-state index is 0.0596. The van der Waals surface area contributed by atoms with Crippen molar-refractivity contribution in [1.82, 2.24) is 5.48 Å². The number of hydroxylamine groups is 1. The van der Waals surface area contributed by atoms with E-state index in [1.165, 1.54) is 6.07 Å². The summed E-state index contributed by atoms with van der Waals surface area (Å²) in [6.45, 7) is 5.04. The lowest BCUT2D eigenvalue weighted by Gasteiger charge is -2.05. The molecule has 1 aromatic heterocycles. The first-order valence-electron chi connectivity index (χ1n) is 4.76. The second kappa shape index (κ2) is 5.53. The van der Waals surface area contributed by atoms with Crippen LogP contribution in [0.5, 0.6) is 0 Å². The largest absolute Gasteiger partial charge is 0.475 e. The Kier molecular flexibility index (Phi) is 4.33. The molecular formula is C10H15NO4. The maximum Gasteiger partial charge on any atom is 0.371 e. The van der Waals surface area contributed by atoms with Crippen molar-refractivity contribution in [1.29, 1.82) is 0 Å². The average Bonchev–Trinajstić information content (AvgIpc) is 2.60. The fraction of sp³-hybridized carbons (Fsp3) is 0.500. The lowest BCUT2D eigenvalue weighted by Crippen LogP contribution is -2.17. The van der Waals surface area contributed by atoms with Crippen LogP contribution in [0.3, 0.4) is 0 Å². The van der Waals surface area contributed by atoms with Crippen LogP contribution in [0.1, 0.15) is 30.2 Å². The van der Waals surface area contributed by atoms with E-state index in [9.17, 15) is 4.79 Å². The van der Waals surface area contributed by atoms with Crippen LogP contribution in [0.15, 0.2) is 16.5 Å². The molecule has 0 aliphatic heterocycles. The SMILES string of the molecule is CC(C)CONCc1ccc(C(=O)O)o1. The Bertz CT molecular complexity index is 319. The predicted octanol–water partition coefficient (Wildman–Crippen LogP) is 1.66. The van der Waals surface area contributed by atoms with Crippen LogP contribution in [0.2, 0.25) is 0 Å². The zero-order valence-electron chi connectivity index (χ0n) is 8.82. The first kappa shape index (κ1) is 11.7. The van der Waals surface area contributed by atoms with Gasteiger partial charge in [0.05, 0.1) is 13.2 Å². The zero-order valence-corrected chi connectivity index (χ0v) is 8.82. The van der Waals surface area contributed by atoms with E-state index in [0.29, 0.717) is 24.8 Å². The number of hydrogen-bond donors (Lipinski definition) is 2. The number of nitrogens with one attached hydrogen (secondary N) is 1. The Balaban J connectivity index is 2.29. The molecule has 15 heavy (non-hydrogen) atoms. The van der Waals surface area contributed by atoms with Crippen molar-refractivity contribution in [3.05, 3.63) is 23.7 Å². The summed E-state index contributed by atoms with van der Waals surface area (Å²) in [6.07, 6.45) is 0. The molecule has 1 aromatic rings. The van der Waals surface area contributed by atoms with E-state index < -0.39 is 5.97 Å². The van der Waals surface area contributed by atoms with Crippen molar-refractivity contribution in [2.24, 2.45) is 5.92 Å². The summed E-state index contributed by atoms with van der Waals surface area (Å²) in [5, 5.41) is 8.60. The van der Waals surface area contributed by atoms with E-state index in [4.69, 9.17) is 14.4 Å². The molecule has 0 fully saturated rings. The van der Waals surface area contributed by atoms with Gasteiger partial charge < -0.3 is 14.4 Å². The minimum atomic E-state index is -1.07. The summed E-state index contributed by atoms with van der Waals surface area (Å²) in [5.74, 6) is -0.139. The van der Waals surface area contributed by atoms with Gasteiger partial charge in [-0.15, -0.1) is 0 Å². The third-order valence-electron chi connectivity index (χ3n) is 1.64. The smallest absolute Gasteiger partial charge is 0.371 e. The maximum atomic E-state index is 10.5. The number of furan rings is 1. The Labute approximate surface area is 88.0 Å². The topological polar surface area (TPSA) is 71.7 Å². The van der Waals surface area contributed by atoms with Gasteiger partial charge in [-0.3, -0.25) is 0 Å². The van der Waals surface area contributed by atoms with Gasteiger partial charge in [-0.05, 0) is 18.1 Å². The van der Waals surface area contributed by atoms with E-state index in [-0.39, 0.29) is 5.76 Å². The molecule has 0 atom stereocenters. The molecule has 0 unspecified atom stereocenters. The molecule has 2 N–H and O–H groups in total. The molecule has 0 bridgehead atoms. The second-order valence-electron chi connectivity index (χ2n) is 3.60. The van der Waals surface area contributed by atoms with Gasteiger partial charge in [0.25, 0.3) is 0 Å². The molecule has 0 aliphatic rings. The summed E-state index contributed by atoms with van der Waals surface area (Å²) in [7, 11) is 0. The van der Waals surface area contributed by atoms with Crippen molar-refractivity contribution < 1.29 is 19.2 Å². The summed E-state index contributed by atoms with van der Waals surface area (Å²) < 4.78 is 5.01. The van der Waals surface area contributed by atoms with Gasteiger partial charge in [-0.25, -0.2) is 4.79 Å². The minimum Gasteiger partial charge on any atom is -0.475 e. The van der Waals surface area contributed by atoms with Gasteiger partial charge >= 0.3 is 5.97 Å². The summed E-state index contributed by atoms with van der Waals surface area (Å²) in [6, 6.07) is 3.02. The first-order chi connectivity index (χ1) is 7.09.